The highest BCUT2D eigenvalue weighted by atomic mass is 28.3. The first-order chi connectivity index (χ1) is 31.3. The van der Waals surface area contributed by atoms with Crippen LogP contribution in [0.2, 0.25) is 0 Å². The molecule has 63 heavy (non-hydrogen) atoms. The summed E-state index contributed by atoms with van der Waals surface area (Å²) in [6.07, 6.45) is 0. The van der Waals surface area contributed by atoms with Gasteiger partial charge in [-0.15, -0.1) is 0 Å². The molecule has 10 aromatic carbocycles. The van der Waals surface area contributed by atoms with Crippen LogP contribution < -0.4 is 20.7 Å². The zero-order chi connectivity index (χ0) is 41.7. The third kappa shape index (κ3) is 5.93. The van der Waals surface area contributed by atoms with Crippen LogP contribution in [-0.4, -0.2) is 17.2 Å². The van der Waals surface area contributed by atoms with Crippen molar-refractivity contribution in [3.63, 3.8) is 0 Å². The van der Waals surface area contributed by atoms with Gasteiger partial charge in [-0.2, -0.15) is 0 Å². The molecule has 12 aromatic rings. The molecule has 0 aliphatic rings. The fourth-order valence-corrected chi connectivity index (χ4v) is 15.3. The molecule has 3 heteroatoms. The lowest BCUT2D eigenvalue weighted by Crippen LogP contribution is -2.75. The number of para-hydroxylation sites is 3. The highest BCUT2D eigenvalue weighted by Crippen LogP contribution is 2.39. The average molecular weight is 819 g/mol. The Morgan fingerprint density at radius 2 is 0.683 bits per heavy atom. The van der Waals surface area contributed by atoms with Crippen molar-refractivity contribution in [2.45, 2.75) is 0 Å². The number of rotatable bonds is 8. The molecule has 0 amide bonds. The molecular weight excluding hydrogens is 777 g/mol. The van der Waals surface area contributed by atoms with Crippen LogP contribution >= 0.6 is 0 Å². The molecule has 2 aromatic heterocycles. The van der Waals surface area contributed by atoms with Crippen LogP contribution in [-0.2, 0) is 0 Å². The third-order valence-electron chi connectivity index (χ3n) is 13.0. The summed E-state index contributed by atoms with van der Waals surface area (Å²) in [5.74, 6) is 0. The van der Waals surface area contributed by atoms with E-state index in [4.69, 9.17) is 0 Å². The van der Waals surface area contributed by atoms with Crippen LogP contribution in [0.1, 0.15) is 0 Å². The number of fused-ring (bicyclic) bond motifs is 6. The molecule has 0 spiro atoms. The Morgan fingerprint density at radius 1 is 0.254 bits per heavy atom. The summed E-state index contributed by atoms with van der Waals surface area (Å²) in [5, 5.41) is 10.4. The van der Waals surface area contributed by atoms with E-state index in [0.29, 0.717) is 0 Å². The van der Waals surface area contributed by atoms with Crippen molar-refractivity contribution in [3.05, 3.63) is 255 Å². The van der Waals surface area contributed by atoms with Crippen molar-refractivity contribution in [2.75, 3.05) is 0 Å². The highest BCUT2D eigenvalue weighted by molar-refractivity contribution is 7.20. The van der Waals surface area contributed by atoms with E-state index < -0.39 is 8.07 Å². The lowest BCUT2D eigenvalue weighted by atomic mass is 9.98. The van der Waals surface area contributed by atoms with Crippen molar-refractivity contribution in [1.29, 1.82) is 0 Å². The summed E-state index contributed by atoms with van der Waals surface area (Å²) in [6, 6.07) is 94.4. The molecule has 0 bridgehead atoms. The number of aromatic nitrogens is 2. The summed E-state index contributed by atoms with van der Waals surface area (Å²) < 4.78 is 5.05. The molecule has 0 fully saturated rings. The molecule has 0 unspecified atom stereocenters. The standard InChI is InChI=1S/C60H42N2Si/c1-6-21-43(22-7-1)45-39-46(44-23-8-2-9-24-44)41-48(40-45)61-56-34-18-16-31-52(56)54-38-37-47(42-58(54)61)62-57-35-19-17-32-53(57)55-33-20-36-59(60(55)62)63(49-25-10-3-11-26-49,50-27-12-4-13-28-50)51-29-14-5-15-30-51/h1-42H. The van der Waals surface area contributed by atoms with E-state index in [1.165, 1.54) is 86.6 Å². The Morgan fingerprint density at radius 3 is 1.22 bits per heavy atom. The van der Waals surface area contributed by atoms with Gasteiger partial charge < -0.3 is 9.13 Å². The molecule has 296 valence electrons. The number of hydrogen-bond acceptors (Lipinski definition) is 0. The predicted octanol–water partition coefficient (Wildman–Crippen LogP) is 12.6. The van der Waals surface area contributed by atoms with E-state index in [1.54, 1.807) is 0 Å². The van der Waals surface area contributed by atoms with Gasteiger partial charge in [0.05, 0.1) is 22.1 Å². The summed E-state index contributed by atoms with van der Waals surface area (Å²) in [7, 11) is -2.94. The molecule has 0 saturated heterocycles. The van der Waals surface area contributed by atoms with Crippen LogP contribution in [0, 0.1) is 0 Å². The Labute approximate surface area is 368 Å². The van der Waals surface area contributed by atoms with Gasteiger partial charge in [0.1, 0.15) is 0 Å². The predicted molar refractivity (Wildman–Crippen MR) is 270 cm³/mol. The number of benzene rings is 10. The number of nitrogens with zero attached hydrogens (tertiary/aromatic N) is 2. The molecule has 2 heterocycles. The number of hydrogen-bond donors (Lipinski definition) is 0. The fraction of sp³-hybridized carbons (Fsp3) is 0. The molecule has 0 saturated carbocycles. The van der Waals surface area contributed by atoms with Crippen molar-refractivity contribution in [3.8, 4) is 33.6 Å². The third-order valence-corrected chi connectivity index (χ3v) is 17.8. The second kappa shape index (κ2) is 15.2. The van der Waals surface area contributed by atoms with Gasteiger partial charge in [-0.05, 0) is 85.5 Å². The minimum atomic E-state index is -2.94. The lowest BCUT2D eigenvalue weighted by Gasteiger charge is -2.35. The van der Waals surface area contributed by atoms with Gasteiger partial charge in [0.2, 0.25) is 0 Å². The second-order valence-corrected chi connectivity index (χ2v) is 20.2. The van der Waals surface area contributed by atoms with Gasteiger partial charge >= 0.3 is 0 Å². The van der Waals surface area contributed by atoms with Gasteiger partial charge in [0.25, 0.3) is 0 Å². The molecule has 0 aliphatic heterocycles. The van der Waals surface area contributed by atoms with Crippen LogP contribution in [0.4, 0.5) is 0 Å². The normalized spacial score (nSPS) is 11.8. The fourth-order valence-electron chi connectivity index (χ4n) is 10.3. The topological polar surface area (TPSA) is 9.86 Å². The summed E-state index contributed by atoms with van der Waals surface area (Å²) in [6.45, 7) is 0. The van der Waals surface area contributed by atoms with E-state index in [-0.39, 0.29) is 0 Å². The molecule has 0 aliphatic carbocycles. The van der Waals surface area contributed by atoms with Crippen LogP contribution in [0.15, 0.2) is 255 Å². The van der Waals surface area contributed by atoms with Gasteiger partial charge in [-0.3, -0.25) is 0 Å². The summed E-state index contributed by atoms with van der Waals surface area (Å²) >= 11 is 0. The molecular formula is C60H42N2Si. The Balaban J connectivity index is 1.19. The maximum absolute atomic E-state index is 2.94. The lowest BCUT2D eigenvalue weighted by molar-refractivity contribution is 1.16. The van der Waals surface area contributed by atoms with Crippen molar-refractivity contribution < 1.29 is 0 Å². The minimum absolute atomic E-state index is 1.13. The average Bonchev–Trinajstić information content (AvgIpc) is 3.89. The molecule has 0 N–H and O–H groups in total. The van der Waals surface area contributed by atoms with E-state index in [2.05, 4.69) is 264 Å². The molecule has 0 atom stereocenters. The van der Waals surface area contributed by atoms with Gasteiger partial charge in [-0.25, -0.2) is 0 Å². The van der Waals surface area contributed by atoms with Crippen molar-refractivity contribution >= 4 is 72.4 Å². The first kappa shape index (κ1) is 36.8. The largest absolute Gasteiger partial charge is 0.309 e. The van der Waals surface area contributed by atoms with Crippen LogP contribution in [0.5, 0.6) is 0 Å². The Hall–Kier alpha value is -7.98. The molecule has 12 rings (SSSR count). The quantitative estimate of drug-likeness (QED) is 0.107. The van der Waals surface area contributed by atoms with E-state index in [0.717, 1.165) is 11.4 Å². The monoisotopic (exact) mass is 818 g/mol. The van der Waals surface area contributed by atoms with Crippen molar-refractivity contribution in [1.82, 2.24) is 9.13 Å². The van der Waals surface area contributed by atoms with Crippen LogP contribution in [0.3, 0.4) is 0 Å². The van der Waals surface area contributed by atoms with E-state index >= 15 is 0 Å². The zero-order valence-electron chi connectivity index (χ0n) is 34.6. The SMILES string of the molecule is c1ccc(-c2cc(-c3ccccc3)cc(-n3c4ccccc4c4ccc(-n5c6ccccc6c6cccc([Si](c7ccccc7)(c7ccccc7)c7ccccc7)c65)cc43)c2)cc1. The zero-order valence-corrected chi connectivity index (χ0v) is 35.6. The summed E-state index contributed by atoms with van der Waals surface area (Å²) in [5.41, 5.74) is 11.8. The second-order valence-electron chi connectivity index (χ2n) is 16.5. The van der Waals surface area contributed by atoms with Gasteiger partial charge in [0.15, 0.2) is 8.07 Å². The van der Waals surface area contributed by atoms with Crippen molar-refractivity contribution in [2.24, 2.45) is 0 Å². The summed E-state index contributed by atoms with van der Waals surface area (Å²) in [4.78, 5) is 0. The van der Waals surface area contributed by atoms with Gasteiger partial charge in [-0.1, -0.05) is 212 Å². The molecule has 2 nitrogen and oxygen atoms in total. The van der Waals surface area contributed by atoms with Gasteiger partial charge in [0, 0.05) is 32.9 Å². The highest BCUT2D eigenvalue weighted by Gasteiger charge is 2.43. The molecule has 0 radical (unpaired) electrons. The first-order valence-corrected chi connectivity index (χ1v) is 23.8. The maximum atomic E-state index is 2.56. The maximum Gasteiger partial charge on any atom is 0.181 e. The Bertz CT molecular complexity index is 3440. The smallest absolute Gasteiger partial charge is 0.181 e. The van der Waals surface area contributed by atoms with E-state index in [1.807, 2.05) is 0 Å². The van der Waals surface area contributed by atoms with Crippen LogP contribution in [0.25, 0.3) is 77.2 Å². The van der Waals surface area contributed by atoms with E-state index in [9.17, 15) is 0 Å². The minimum Gasteiger partial charge on any atom is -0.309 e. The first-order valence-electron chi connectivity index (χ1n) is 21.8. The Kier molecular flexibility index (Phi) is 8.87.